The monoisotopic (exact) mass is 324 g/mol. The van der Waals surface area contributed by atoms with Crippen LogP contribution in [0.1, 0.15) is 41.6 Å². The SMILES string of the molecule is CCc1nc(-n2ncc(C#N)c2N)c2c3c(sc2n1)CCCC3. The van der Waals surface area contributed by atoms with E-state index < -0.39 is 0 Å². The fraction of sp³-hybridized carbons (Fsp3) is 0.375. The Hall–Kier alpha value is -2.46. The second-order valence-electron chi connectivity index (χ2n) is 5.68. The van der Waals surface area contributed by atoms with Gasteiger partial charge in [-0.15, -0.1) is 11.3 Å². The number of thiophene rings is 1. The molecule has 4 rings (SSSR count). The van der Waals surface area contributed by atoms with Gasteiger partial charge in [0.15, 0.2) is 5.82 Å². The number of nitriles is 1. The van der Waals surface area contributed by atoms with Crippen LogP contribution in [0.4, 0.5) is 5.82 Å². The zero-order valence-electron chi connectivity index (χ0n) is 12.8. The van der Waals surface area contributed by atoms with E-state index in [-0.39, 0.29) is 0 Å². The molecule has 0 fully saturated rings. The van der Waals surface area contributed by atoms with Crippen molar-refractivity contribution < 1.29 is 0 Å². The molecule has 3 aromatic heterocycles. The van der Waals surface area contributed by atoms with Crippen molar-refractivity contribution in [2.45, 2.75) is 39.0 Å². The molecule has 1 aliphatic carbocycles. The smallest absolute Gasteiger partial charge is 0.168 e. The molecule has 0 aromatic carbocycles. The quantitative estimate of drug-likeness (QED) is 0.782. The number of hydrogen-bond donors (Lipinski definition) is 1. The van der Waals surface area contributed by atoms with E-state index in [1.54, 1.807) is 16.0 Å². The maximum absolute atomic E-state index is 9.13. The van der Waals surface area contributed by atoms with Gasteiger partial charge in [0, 0.05) is 11.3 Å². The molecule has 0 unspecified atom stereocenters. The summed E-state index contributed by atoms with van der Waals surface area (Å²) in [5.74, 6) is 1.83. The third-order valence-electron chi connectivity index (χ3n) is 4.29. The van der Waals surface area contributed by atoms with Crippen molar-refractivity contribution >= 4 is 27.4 Å². The number of nitrogens with zero attached hydrogens (tertiary/aromatic N) is 5. The summed E-state index contributed by atoms with van der Waals surface area (Å²) in [5, 5.41) is 14.5. The van der Waals surface area contributed by atoms with E-state index in [4.69, 9.17) is 16.0 Å². The van der Waals surface area contributed by atoms with Crippen LogP contribution < -0.4 is 5.73 Å². The van der Waals surface area contributed by atoms with Crippen molar-refractivity contribution in [3.63, 3.8) is 0 Å². The van der Waals surface area contributed by atoms with Gasteiger partial charge in [-0.3, -0.25) is 0 Å². The molecule has 0 saturated heterocycles. The molecule has 0 spiro atoms. The van der Waals surface area contributed by atoms with Crippen LogP contribution in [-0.2, 0) is 19.3 Å². The van der Waals surface area contributed by atoms with Gasteiger partial charge in [-0.2, -0.15) is 15.0 Å². The first kappa shape index (κ1) is 14.2. The summed E-state index contributed by atoms with van der Waals surface area (Å²) in [7, 11) is 0. The van der Waals surface area contributed by atoms with E-state index in [9.17, 15) is 0 Å². The van der Waals surface area contributed by atoms with Gasteiger partial charge in [0.2, 0.25) is 0 Å². The van der Waals surface area contributed by atoms with E-state index in [0.29, 0.717) is 17.2 Å². The summed E-state index contributed by atoms with van der Waals surface area (Å²) in [5.41, 5.74) is 7.80. The first-order chi connectivity index (χ1) is 11.2. The number of rotatable bonds is 2. The number of hydrogen-bond acceptors (Lipinski definition) is 6. The molecule has 6 nitrogen and oxygen atoms in total. The van der Waals surface area contributed by atoms with E-state index >= 15 is 0 Å². The highest BCUT2D eigenvalue weighted by Crippen LogP contribution is 2.38. The lowest BCUT2D eigenvalue weighted by molar-refractivity contribution is 0.699. The Balaban J connectivity index is 2.06. The van der Waals surface area contributed by atoms with Crippen molar-refractivity contribution in [3.8, 4) is 11.9 Å². The van der Waals surface area contributed by atoms with Crippen molar-refractivity contribution in [2.24, 2.45) is 0 Å². The predicted octanol–water partition coefficient (Wildman–Crippen LogP) is 2.77. The van der Waals surface area contributed by atoms with Gasteiger partial charge in [-0.05, 0) is 31.2 Å². The molecule has 3 heterocycles. The van der Waals surface area contributed by atoms with Gasteiger partial charge in [0.05, 0.1) is 11.6 Å². The Bertz CT molecular complexity index is 946. The Morgan fingerprint density at radius 2 is 2.17 bits per heavy atom. The second-order valence-corrected chi connectivity index (χ2v) is 6.76. The van der Waals surface area contributed by atoms with Crippen LogP contribution in [0.5, 0.6) is 0 Å². The Labute approximate surface area is 137 Å². The minimum absolute atomic E-state index is 0.338. The Kier molecular flexibility index (Phi) is 3.27. The zero-order chi connectivity index (χ0) is 16.0. The average molecular weight is 324 g/mol. The summed E-state index contributed by atoms with van der Waals surface area (Å²) in [6, 6.07) is 2.07. The van der Waals surface area contributed by atoms with Gasteiger partial charge in [-0.25, -0.2) is 9.97 Å². The Morgan fingerprint density at radius 3 is 2.91 bits per heavy atom. The lowest BCUT2D eigenvalue weighted by atomic mass is 9.97. The minimum atomic E-state index is 0.338. The van der Waals surface area contributed by atoms with Crippen LogP contribution >= 0.6 is 11.3 Å². The predicted molar refractivity (Wildman–Crippen MR) is 89.7 cm³/mol. The van der Waals surface area contributed by atoms with Crippen molar-refractivity contribution in [2.75, 3.05) is 5.73 Å². The van der Waals surface area contributed by atoms with Crippen LogP contribution in [0, 0.1) is 11.3 Å². The first-order valence-electron chi connectivity index (χ1n) is 7.78. The number of aryl methyl sites for hydroxylation is 3. The molecule has 3 aromatic rings. The maximum atomic E-state index is 9.13. The van der Waals surface area contributed by atoms with E-state index in [0.717, 1.165) is 35.3 Å². The molecular weight excluding hydrogens is 308 g/mol. The zero-order valence-corrected chi connectivity index (χ0v) is 13.7. The van der Waals surface area contributed by atoms with Crippen molar-refractivity contribution in [1.82, 2.24) is 19.7 Å². The summed E-state index contributed by atoms with van der Waals surface area (Å²) >= 11 is 1.76. The molecule has 0 saturated carbocycles. The van der Waals surface area contributed by atoms with Crippen LogP contribution in [0.3, 0.4) is 0 Å². The summed E-state index contributed by atoms with van der Waals surface area (Å²) in [6.45, 7) is 2.03. The van der Waals surface area contributed by atoms with Gasteiger partial charge < -0.3 is 5.73 Å². The lowest BCUT2D eigenvalue weighted by Gasteiger charge is -2.12. The van der Waals surface area contributed by atoms with Crippen LogP contribution in [-0.4, -0.2) is 19.7 Å². The summed E-state index contributed by atoms with van der Waals surface area (Å²) in [6.07, 6.45) is 6.81. The van der Waals surface area contributed by atoms with E-state index in [1.165, 1.54) is 29.5 Å². The maximum Gasteiger partial charge on any atom is 0.168 e. The lowest BCUT2D eigenvalue weighted by Crippen LogP contribution is -2.09. The number of anilines is 1. The molecule has 0 radical (unpaired) electrons. The van der Waals surface area contributed by atoms with Crippen LogP contribution in [0.25, 0.3) is 16.0 Å². The highest BCUT2D eigenvalue weighted by molar-refractivity contribution is 7.18. The third kappa shape index (κ3) is 2.10. The molecule has 0 aliphatic heterocycles. The molecule has 23 heavy (non-hydrogen) atoms. The average Bonchev–Trinajstić information content (AvgIpc) is 3.13. The molecule has 0 amide bonds. The highest BCUT2D eigenvalue weighted by Gasteiger charge is 2.23. The largest absolute Gasteiger partial charge is 0.382 e. The normalized spacial score (nSPS) is 13.9. The summed E-state index contributed by atoms with van der Waals surface area (Å²) in [4.78, 5) is 11.8. The molecule has 116 valence electrons. The fourth-order valence-electron chi connectivity index (χ4n) is 3.11. The number of aromatic nitrogens is 4. The first-order valence-corrected chi connectivity index (χ1v) is 8.59. The number of fused-ring (bicyclic) bond motifs is 3. The number of nitrogens with two attached hydrogens (primary N) is 1. The van der Waals surface area contributed by atoms with Gasteiger partial charge in [0.1, 0.15) is 28.1 Å². The summed E-state index contributed by atoms with van der Waals surface area (Å²) < 4.78 is 1.59. The highest BCUT2D eigenvalue weighted by atomic mass is 32.1. The molecule has 7 heteroatoms. The van der Waals surface area contributed by atoms with Crippen molar-refractivity contribution in [1.29, 1.82) is 5.26 Å². The van der Waals surface area contributed by atoms with E-state index in [2.05, 4.69) is 16.2 Å². The fourth-order valence-corrected chi connectivity index (χ4v) is 4.38. The standard InChI is InChI=1S/C16H16N6S/c1-2-12-20-15(22-14(18)9(7-17)8-19-22)13-10-5-3-4-6-11(10)23-16(13)21-12/h8H,2-6,18H2,1H3. The van der Waals surface area contributed by atoms with E-state index in [1.807, 2.05) is 6.92 Å². The van der Waals surface area contributed by atoms with Crippen molar-refractivity contribution in [3.05, 3.63) is 28.0 Å². The van der Waals surface area contributed by atoms with Crippen LogP contribution in [0.2, 0.25) is 0 Å². The van der Waals surface area contributed by atoms with Gasteiger partial charge in [-0.1, -0.05) is 6.92 Å². The topological polar surface area (TPSA) is 93.4 Å². The molecule has 0 bridgehead atoms. The molecule has 1 aliphatic rings. The molecule has 2 N–H and O–H groups in total. The van der Waals surface area contributed by atoms with Crippen LogP contribution in [0.15, 0.2) is 6.20 Å². The number of nitrogen functional groups attached to an aromatic ring is 1. The molecular formula is C16H16N6S. The minimum Gasteiger partial charge on any atom is -0.382 e. The van der Waals surface area contributed by atoms with Gasteiger partial charge >= 0.3 is 0 Å². The third-order valence-corrected chi connectivity index (χ3v) is 5.47. The molecule has 0 atom stereocenters. The van der Waals surface area contributed by atoms with Gasteiger partial charge in [0.25, 0.3) is 0 Å². The second kappa shape index (κ2) is 5.32. The Morgan fingerprint density at radius 1 is 1.35 bits per heavy atom.